The predicted molar refractivity (Wildman–Crippen MR) is 185 cm³/mol. The highest BCUT2D eigenvalue weighted by atomic mass is 16.7. The van der Waals surface area contributed by atoms with Crippen molar-refractivity contribution >= 4 is 29.2 Å². The topological polar surface area (TPSA) is 119 Å². The zero-order valence-electron chi connectivity index (χ0n) is 27.8. The first-order valence-corrected chi connectivity index (χ1v) is 16.6. The molecule has 254 valence electrons. The van der Waals surface area contributed by atoms with Gasteiger partial charge in [0.15, 0.2) is 37.6 Å². The van der Waals surface area contributed by atoms with Crippen molar-refractivity contribution in [3.05, 3.63) is 155 Å². The number of aliphatic hydroxyl groups excluding tert-OH is 2. The minimum Gasteiger partial charge on any atom is -0.377 e. The number of likely N-dealkylation sites (N-methyl/N-ethyl adjacent to an activating group) is 1. The summed E-state index contributed by atoms with van der Waals surface area (Å²) in [7, 11) is 0. The standard InChI is InChI=1S/C40H39N3O7/c1-2-41(23-24-49-27-36(46)50-43-34(44)21-22-35(43)45)32-17-13-30(14-18-32)37-39(47)38(40(37)48)31-15-19-33(20-16-31)42(25-28-9-5-3-6-10-28)26-29-11-7-4-8-12-29/h3-20,47-48H,2,21-27H2,1H3/q+2. The first kappa shape index (κ1) is 34.6. The largest absolute Gasteiger partial charge is 0.377 e. The van der Waals surface area contributed by atoms with Gasteiger partial charge in [-0.25, -0.2) is 13.9 Å². The Morgan fingerprint density at radius 2 is 1.16 bits per heavy atom. The predicted octanol–water partition coefficient (Wildman–Crippen LogP) is 4.61. The lowest BCUT2D eigenvalue weighted by atomic mass is 9.73. The summed E-state index contributed by atoms with van der Waals surface area (Å²) in [5.74, 6) is -1.89. The number of hydrogen-bond donors (Lipinski definition) is 2. The Bertz CT molecular complexity index is 1790. The third-order valence-corrected chi connectivity index (χ3v) is 8.73. The molecule has 2 N–H and O–H groups in total. The fraction of sp³-hybridized carbons (Fsp3) is 0.225. The van der Waals surface area contributed by atoms with E-state index >= 15 is 0 Å². The summed E-state index contributed by atoms with van der Waals surface area (Å²) >= 11 is 0. The molecule has 2 radical (unpaired) electrons. The van der Waals surface area contributed by atoms with Crippen LogP contribution in [0.25, 0.3) is 0 Å². The molecule has 10 heteroatoms. The molecule has 0 aromatic heterocycles. The highest BCUT2D eigenvalue weighted by Gasteiger charge is 2.44. The average Bonchev–Trinajstić information content (AvgIpc) is 3.45. The van der Waals surface area contributed by atoms with Gasteiger partial charge in [0.2, 0.25) is 5.71 Å². The molecule has 2 aromatic rings. The molecule has 0 bridgehead atoms. The Labute approximate surface area is 291 Å². The van der Waals surface area contributed by atoms with Gasteiger partial charge in [-0.3, -0.25) is 9.59 Å². The number of carbonyl (C=O) groups is 3. The van der Waals surface area contributed by atoms with E-state index in [4.69, 9.17) is 9.57 Å². The molecule has 1 saturated carbocycles. The van der Waals surface area contributed by atoms with E-state index in [0.29, 0.717) is 34.9 Å². The summed E-state index contributed by atoms with van der Waals surface area (Å²) in [6, 6.07) is 20.6. The molecule has 0 unspecified atom stereocenters. The molecule has 2 fully saturated rings. The number of ether oxygens (including phenoxy) is 1. The summed E-state index contributed by atoms with van der Waals surface area (Å²) in [4.78, 5) is 40.0. The quantitative estimate of drug-likeness (QED) is 0.203. The molecule has 1 aliphatic heterocycles. The normalized spacial score (nSPS) is 17.7. The molecule has 1 saturated heterocycles. The fourth-order valence-electron chi connectivity index (χ4n) is 6.07. The molecule has 4 aliphatic rings. The minimum absolute atomic E-state index is 0.0315. The van der Waals surface area contributed by atoms with Gasteiger partial charge in [-0.1, -0.05) is 60.7 Å². The maximum Gasteiger partial charge on any atom is 0.358 e. The van der Waals surface area contributed by atoms with Crippen molar-refractivity contribution in [3.8, 4) is 0 Å². The van der Waals surface area contributed by atoms with Gasteiger partial charge < -0.3 is 19.8 Å². The summed E-state index contributed by atoms with van der Waals surface area (Å²) in [6.07, 6.45) is 15.5. The first-order chi connectivity index (χ1) is 24.3. The van der Waals surface area contributed by atoms with Crippen molar-refractivity contribution in [2.24, 2.45) is 0 Å². The van der Waals surface area contributed by atoms with Gasteiger partial charge in [0.1, 0.15) is 19.8 Å². The van der Waals surface area contributed by atoms with E-state index in [2.05, 4.69) is 28.8 Å². The molecule has 3 aliphatic carbocycles. The van der Waals surface area contributed by atoms with Crippen molar-refractivity contribution in [1.29, 1.82) is 0 Å². The third-order valence-electron chi connectivity index (χ3n) is 8.73. The number of aliphatic hydroxyl groups is 2. The second-order valence-corrected chi connectivity index (χ2v) is 12.0. The number of rotatable bonds is 11. The Hall–Kier alpha value is -5.29. The molecule has 1 heterocycles. The molecule has 2 aromatic carbocycles. The minimum atomic E-state index is -0.814. The summed E-state index contributed by atoms with van der Waals surface area (Å²) in [5, 5.41) is 22.7. The monoisotopic (exact) mass is 673 g/mol. The van der Waals surface area contributed by atoms with Crippen molar-refractivity contribution in [2.45, 2.75) is 32.9 Å². The van der Waals surface area contributed by atoms with Gasteiger partial charge in [0, 0.05) is 59.4 Å². The van der Waals surface area contributed by atoms with Crippen LogP contribution in [0.4, 0.5) is 0 Å². The summed E-state index contributed by atoms with van der Waals surface area (Å²) < 4.78 is 9.77. The lowest BCUT2D eigenvalue weighted by molar-refractivity contribution is -0.558. The van der Waals surface area contributed by atoms with Crippen LogP contribution in [-0.4, -0.2) is 79.9 Å². The Balaban J connectivity index is 1.09. The molecule has 2 amide bonds. The van der Waals surface area contributed by atoms with E-state index in [-0.39, 0.29) is 31.7 Å². The molecule has 0 spiro atoms. The number of benzene rings is 2. The molecule has 0 atom stereocenters. The zero-order valence-corrected chi connectivity index (χ0v) is 27.8. The maximum absolute atomic E-state index is 12.0. The Morgan fingerprint density at radius 1 is 0.700 bits per heavy atom. The second kappa shape index (κ2) is 15.9. The Morgan fingerprint density at radius 3 is 1.62 bits per heavy atom. The van der Waals surface area contributed by atoms with Crippen LogP contribution in [0, 0.1) is 12.2 Å². The SMILES string of the molecule is CC[N+](CCOCC(=O)ON1C(=O)CCC1=O)=C1C=CC(=C2[C](O)C(=C3C=CC(=[N+](Cc4ccccc4)Cc4ccccc4)C=C3)[C]2O)C=C1. The van der Waals surface area contributed by atoms with Gasteiger partial charge in [-0.2, -0.15) is 0 Å². The Kier molecular flexibility index (Phi) is 11.0. The van der Waals surface area contributed by atoms with Crippen LogP contribution in [-0.2, 0) is 37.0 Å². The van der Waals surface area contributed by atoms with E-state index in [0.717, 1.165) is 30.1 Å². The van der Waals surface area contributed by atoms with Crippen LogP contribution in [0.15, 0.2) is 132 Å². The number of hydroxylamine groups is 2. The smallest absolute Gasteiger partial charge is 0.358 e. The number of nitrogens with zero attached hydrogens (tertiary/aromatic N) is 3. The van der Waals surface area contributed by atoms with E-state index < -0.39 is 24.4 Å². The number of hydrogen-bond acceptors (Lipinski definition) is 7. The zero-order chi connectivity index (χ0) is 35.0. The summed E-state index contributed by atoms with van der Waals surface area (Å²) in [6.45, 7) is 4.40. The van der Waals surface area contributed by atoms with Crippen LogP contribution in [0.5, 0.6) is 0 Å². The highest BCUT2D eigenvalue weighted by molar-refractivity contribution is 6.04. The van der Waals surface area contributed by atoms with Crippen molar-refractivity contribution in [2.75, 3.05) is 26.3 Å². The number of allylic oxidation sites excluding steroid dienone is 10. The van der Waals surface area contributed by atoms with Gasteiger partial charge >= 0.3 is 5.97 Å². The van der Waals surface area contributed by atoms with Crippen molar-refractivity contribution in [3.63, 3.8) is 0 Å². The van der Waals surface area contributed by atoms with Gasteiger partial charge in [0.25, 0.3) is 11.8 Å². The molecular formula is C40H39N3O7+2. The van der Waals surface area contributed by atoms with Crippen LogP contribution in [0.3, 0.4) is 0 Å². The van der Waals surface area contributed by atoms with Crippen LogP contribution in [0.1, 0.15) is 30.9 Å². The molecule has 10 nitrogen and oxygen atoms in total. The molecular weight excluding hydrogens is 634 g/mol. The first-order valence-electron chi connectivity index (χ1n) is 16.6. The maximum atomic E-state index is 12.0. The van der Waals surface area contributed by atoms with Gasteiger partial charge in [-0.05, 0) is 42.4 Å². The number of carbonyl (C=O) groups excluding carboxylic acids is 3. The highest BCUT2D eigenvalue weighted by Crippen LogP contribution is 2.50. The lowest BCUT2D eigenvalue weighted by Crippen LogP contribution is -2.34. The van der Waals surface area contributed by atoms with Crippen LogP contribution >= 0.6 is 0 Å². The van der Waals surface area contributed by atoms with E-state index in [1.807, 2.05) is 96.5 Å². The second-order valence-electron chi connectivity index (χ2n) is 12.0. The van der Waals surface area contributed by atoms with Gasteiger partial charge in [0.05, 0.1) is 0 Å². The van der Waals surface area contributed by atoms with E-state index in [9.17, 15) is 24.6 Å². The number of imide groups is 1. The number of amides is 2. The van der Waals surface area contributed by atoms with Crippen molar-refractivity contribution in [1.82, 2.24) is 5.06 Å². The fourth-order valence-corrected chi connectivity index (χ4v) is 6.07. The van der Waals surface area contributed by atoms with Crippen LogP contribution in [0.2, 0.25) is 0 Å². The lowest BCUT2D eigenvalue weighted by Gasteiger charge is -2.36. The summed E-state index contributed by atoms with van der Waals surface area (Å²) in [5.41, 5.74) is 6.54. The van der Waals surface area contributed by atoms with Crippen molar-refractivity contribution < 1.29 is 43.3 Å². The third kappa shape index (κ3) is 7.94. The van der Waals surface area contributed by atoms with Crippen LogP contribution < -0.4 is 0 Å². The van der Waals surface area contributed by atoms with Gasteiger partial charge in [-0.15, -0.1) is 5.06 Å². The average molecular weight is 674 g/mol. The molecule has 50 heavy (non-hydrogen) atoms. The van der Waals surface area contributed by atoms with E-state index in [1.54, 1.807) is 0 Å². The molecule has 6 rings (SSSR count). The van der Waals surface area contributed by atoms with E-state index in [1.165, 1.54) is 11.1 Å².